The number of piperidine rings is 1. The van der Waals surface area contributed by atoms with E-state index in [-0.39, 0.29) is 38.4 Å². The van der Waals surface area contributed by atoms with Crippen molar-refractivity contribution < 1.29 is 31.9 Å². The van der Waals surface area contributed by atoms with Crippen LogP contribution < -0.4 is 5.32 Å². The maximum Gasteiger partial charge on any atom is 0.383 e. The number of nitrogens with zero attached hydrogens (tertiary/aromatic N) is 1. The van der Waals surface area contributed by atoms with E-state index < -0.39 is 24.3 Å². The first-order chi connectivity index (χ1) is 9.28. The van der Waals surface area contributed by atoms with Crippen LogP contribution in [-0.2, 0) is 14.3 Å². The number of hydrogen-bond donors (Lipinski definition) is 1. The van der Waals surface area contributed by atoms with Crippen LogP contribution in [0.4, 0.5) is 17.6 Å². The van der Waals surface area contributed by atoms with Crippen molar-refractivity contribution in [1.82, 2.24) is 10.2 Å². The minimum Gasteiger partial charge on any atom is -0.375 e. The maximum atomic E-state index is 12.8. The van der Waals surface area contributed by atoms with Crippen molar-refractivity contribution in [1.29, 1.82) is 0 Å². The molecule has 0 aromatic heterocycles. The van der Waals surface area contributed by atoms with Gasteiger partial charge in [0, 0.05) is 26.2 Å². The molecule has 0 aliphatic carbocycles. The summed E-state index contributed by atoms with van der Waals surface area (Å²) in [5.74, 6) is -6.91. The first kappa shape index (κ1) is 16.7. The summed E-state index contributed by atoms with van der Waals surface area (Å²) in [6.45, 7) is 0.432. The molecule has 0 bridgehead atoms. The Kier molecular flexibility index (Phi) is 5.73. The van der Waals surface area contributed by atoms with E-state index >= 15 is 0 Å². The second-order valence-electron chi connectivity index (χ2n) is 4.49. The van der Waals surface area contributed by atoms with Gasteiger partial charge >= 0.3 is 12.3 Å². The van der Waals surface area contributed by atoms with Gasteiger partial charge in [-0.05, 0) is 12.8 Å². The van der Waals surface area contributed by atoms with Crippen LogP contribution in [0.5, 0.6) is 0 Å². The van der Waals surface area contributed by atoms with E-state index in [0.29, 0.717) is 0 Å². The molecule has 9 heteroatoms. The normalized spacial score (nSPS) is 17.4. The predicted octanol–water partition coefficient (Wildman–Crippen LogP) is 0.640. The number of nitrogens with one attached hydrogen (secondary N) is 1. The Balaban J connectivity index is 2.43. The zero-order valence-electron chi connectivity index (χ0n) is 10.9. The van der Waals surface area contributed by atoms with Crippen LogP contribution in [0.2, 0.25) is 0 Å². The van der Waals surface area contributed by atoms with Crippen molar-refractivity contribution in [3.63, 3.8) is 0 Å². The van der Waals surface area contributed by atoms with E-state index in [9.17, 15) is 27.2 Å². The van der Waals surface area contributed by atoms with Crippen LogP contribution in [0.1, 0.15) is 12.8 Å². The quantitative estimate of drug-likeness (QED) is 0.758. The molecular formula is C11H16F4N2O3. The van der Waals surface area contributed by atoms with Gasteiger partial charge in [0.1, 0.15) is 6.61 Å². The Hall–Kier alpha value is -1.38. The molecule has 1 aliphatic heterocycles. The Labute approximate surface area is 113 Å². The number of amides is 2. The van der Waals surface area contributed by atoms with Crippen LogP contribution in [0.15, 0.2) is 0 Å². The van der Waals surface area contributed by atoms with E-state index in [0.717, 1.165) is 0 Å². The molecule has 0 atom stereocenters. The molecule has 116 valence electrons. The number of halogens is 4. The third-order valence-electron chi connectivity index (χ3n) is 3.03. The molecule has 5 nitrogen and oxygen atoms in total. The van der Waals surface area contributed by atoms with E-state index in [1.54, 1.807) is 0 Å². The van der Waals surface area contributed by atoms with E-state index in [2.05, 4.69) is 4.74 Å². The molecular weight excluding hydrogens is 284 g/mol. The Morgan fingerprint density at radius 2 is 1.90 bits per heavy atom. The monoisotopic (exact) mass is 300 g/mol. The number of carbonyl (C=O) groups is 2. The second kappa shape index (κ2) is 6.87. The van der Waals surface area contributed by atoms with Crippen molar-refractivity contribution >= 4 is 11.8 Å². The lowest BCUT2D eigenvalue weighted by Crippen LogP contribution is -2.52. The van der Waals surface area contributed by atoms with Gasteiger partial charge in [-0.15, -0.1) is 0 Å². The summed E-state index contributed by atoms with van der Waals surface area (Å²) in [4.78, 5) is 24.0. The molecule has 1 saturated heterocycles. The highest BCUT2D eigenvalue weighted by Crippen LogP contribution is 2.23. The highest BCUT2D eigenvalue weighted by atomic mass is 19.3. The highest BCUT2D eigenvalue weighted by molar-refractivity contribution is 5.84. The van der Waals surface area contributed by atoms with E-state index in [4.69, 9.17) is 0 Å². The fourth-order valence-electron chi connectivity index (χ4n) is 1.87. The number of hydrogen-bond acceptors (Lipinski definition) is 3. The summed E-state index contributed by atoms with van der Waals surface area (Å²) in [7, 11) is 1.37. The van der Waals surface area contributed by atoms with Gasteiger partial charge < -0.3 is 15.0 Å². The van der Waals surface area contributed by atoms with Gasteiger partial charge in [0.2, 0.25) is 5.91 Å². The van der Waals surface area contributed by atoms with Crippen LogP contribution in [-0.4, -0.2) is 61.9 Å². The molecule has 1 aliphatic rings. The summed E-state index contributed by atoms with van der Waals surface area (Å²) in [5.41, 5.74) is 0. The van der Waals surface area contributed by atoms with Gasteiger partial charge in [0.25, 0.3) is 5.91 Å². The largest absolute Gasteiger partial charge is 0.383 e. The smallest absolute Gasteiger partial charge is 0.375 e. The maximum absolute atomic E-state index is 12.8. The first-order valence-electron chi connectivity index (χ1n) is 6.02. The molecule has 0 saturated carbocycles. The second-order valence-corrected chi connectivity index (χ2v) is 4.49. The topological polar surface area (TPSA) is 58.6 Å². The van der Waals surface area contributed by atoms with Crippen molar-refractivity contribution in [3.05, 3.63) is 0 Å². The number of alkyl halides is 4. The minimum absolute atomic E-state index is 0.0829. The molecule has 0 aromatic rings. The van der Waals surface area contributed by atoms with Gasteiger partial charge in [-0.25, -0.2) is 8.78 Å². The van der Waals surface area contributed by atoms with Crippen molar-refractivity contribution in [2.24, 2.45) is 0 Å². The van der Waals surface area contributed by atoms with Gasteiger partial charge in [-0.1, -0.05) is 0 Å². The number of rotatable bonds is 5. The number of methoxy groups -OCH3 is 1. The fraction of sp³-hybridized carbons (Fsp3) is 0.818. The zero-order chi connectivity index (χ0) is 15.3. The number of carbonyl (C=O) groups excluding carboxylic acids is 2. The zero-order valence-corrected chi connectivity index (χ0v) is 10.9. The fourth-order valence-corrected chi connectivity index (χ4v) is 1.87. The summed E-state index contributed by atoms with van der Waals surface area (Å²) in [6.07, 6.45) is -3.56. The average molecular weight is 300 g/mol. The van der Waals surface area contributed by atoms with Crippen molar-refractivity contribution in [2.75, 3.05) is 26.8 Å². The molecule has 2 amide bonds. The third-order valence-corrected chi connectivity index (χ3v) is 3.03. The average Bonchev–Trinajstić information content (AvgIpc) is 2.39. The lowest BCUT2D eigenvalue weighted by Gasteiger charge is -2.32. The Bertz CT molecular complexity index is 358. The molecule has 0 unspecified atom stereocenters. The number of ether oxygens (including phenoxy) is 1. The predicted molar refractivity (Wildman–Crippen MR) is 60.6 cm³/mol. The van der Waals surface area contributed by atoms with Crippen molar-refractivity contribution in [3.8, 4) is 0 Å². The lowest BCUT2D eigenvalue weighted by atomic mass is 10.0. The molecule has 1 N–H and O–H groups in total. The lowest BCUT2D eigenvalue weighted by molar-refractivity contribution is -0.170. The van der Waals surface area contributed by atoms with Gasteiger partial charge in [-0.3, -0.25) is 9.59 Å². The van der Waals surface area contributed by atoms with Gasteiger partial charge in [0.05, 0.1) is 0 Å². The van der Waals surface area contributed by atoms with Crippen LogP contribution in [0.25, 0.3) is 0 Å². The third kappa shape index (κ3) is 4.06. The number of likely N-dealkylation sites (tertiary alicyclic amines) is 1. The Morgan fingerprint density at radius 3 is 2.35 bits per heavy atom. The summed E-state index contributed by atoms with van der Waals surface area (Å²) in [5, 5.41) is 1.89. The Morgan fingerprint density at radius 1 is 1.35 bits per heavy atom. The van der Waals surface area contributed by atoms with Crippen LogP contribution in [0, 0.1) is 0 Å². The SMILES string of the molecule is COCC(=O)N1CCC(NC(=O)C(F)(F)C(F)F)CC1. The highest BCUT2D eigenvalue weighted by Gasteiger charge is 2.49. The van der Waals surface area contributed by atoms with Crippen LogP contribution >= 0.6 is 0 Å². The first-order valence-corrected chi connectivity index (χ1v) is 6.02. The molecule has 0 aromatic carbocycles. The summed E-state index contributed by atoms with van der Waals surface area (Å²) in [6, 6.07) is -0.640. The molecule has 1 rings (SSSR count). The molecule has 1 heterocycles. The van der Waals surface area contributed by atoms with Gasteiger partial charge in [0.15, 0.2) is 0 Å². The molecule has 0 radical (unpaired) electrons. The van der Waals surface area contributed by atoms with E-state index in [1.807, 2.05) is 5.32 Å². The standard InChI is InChI=1S/C11H16F4N2O3/c1-20-6-8(18)17-4-2-7(3-5-17)16-10(19)11(14,15)9(12)13/h7,9H,2-6H2,1H3,(H,16,19). The van der Waals surface area contributed by atoms with Crippen molar-refractivity contribution in [2.45, 2.75) is 31.2 Å². The molecule has 20 heavy (non-hydrogen) atoms. The molecule has 1 fully saturated rings. The summed E-state index contributed by atoms with van der Waals surface area (Å²) >= 11 is 0. The summed E-state index contributed by atoms with van der Waals surface area (Å²) < 4.78 is 54.2. The van der Waals surface area contributed by atoms with Gasteiger partial charge in [-0.2, -0.15) is 8.78 Å². The van der Waals surface area contributed by atoms with Crippen LogP contribution in [0.3, 0.4) is 0 Å². The molecule has 0 spiro atoms. The minimum atomic E-state index is -4.69. The van der Waals surface area contributed by atoms with E-state index in [1.165, 1.54) is 12.0 Å².